The van der Waals surface area contributed by atoms with Gasteiger partial charge < -0.3 is 10.4 Å². The summed E-state index contributed by atoms with van der Waals surface area (Å²) in [5.74, 6) is 0. The van der Waals surface area contributed by atoms with E-state index in [0.717, 1.165) is 112 Å². The summed E-state index contributed by atoms with van der Waals surface area (Å²) in [6.07, 6.45) is 3.56. The topological polar surface area (TPSA) is 53.9 Å². The normalized spacial score (nSPS) is 11.8. The molecule has 0 aliphatic rings. The number of aryl methyl sites for hydroxylation is 2. The molecule has 0 aliphatic carbocycles. The van der Waals surface area contributed by atoms with Crippen LogP contribution in [0.5, 0.6) is 0 Å². The van der Waals surface area contributed by atoms with Crippen molar-refractivity contribution < 1.29 is 9.46 Å². The smallest absolute Gasteiger partial charge is 0.228 e. The highest BCUT2D eigenvalue weighted by Gasteiger charge is 2.25. The summed E-state index contributed by atoms with van der Waals surface area (Å²) in [6, 6.07) is 41.4. The molecule has 0 spiro atoms. The van der Waals surface area contributed by atoms with Crippen molar-refractivity contribution in [3.63, 3.8) is 0 Å². The van der Waals surface area contributed by atoms with E-state index in [2.05, 4.69) is 98.8 Å². The van der Waals surface area contributed by atoms with Crippen LogP contribution in [0.1, 0.15) is 37.8 Å². The van der Waals surface area contributed by atoms with Crippen LogP contribution in [0, 0.1) is 10.4 Å². The van der Waals surface area contributed by atoms with E-state index in [4.69, 9.17) is 0 Å². The van der Waals surface area contributed by atoms with Gasteiger partial charge in [0.2, 0.25) is 22.1 Å². The molecule has 0 amide bonds. The van der Waals surface area contributed by atoms with Gasteiger partial charge in [-0.3, -0.25) is 0 Å². The minimum absolute atomic E-state index is 0.662. The van der Waals surface area contributed by atoms with Gasteiger partial charge in [0.05, 0.1) is 21.5 Å². The Kier molecular flexibility index (Phi) is 6.79. The lowest BCUT2D eigenvalue weighted by atomic mass is 9.85. The zero-order chi connectivity index (χ0) is 31.4. The second kappa shape index (κ2) is 11.1. The fourth-order valence-corrected chi connectivity index (χ4v) is 7.60. The van der Waals surface area contributed by atoms with Crippen molar-refractivity contribution in [3.8, 4) is 22.3 Å². The highest BCUT2D eigenvalue weighted by Crippen LogP contribution is 2.45. The minimum atomic E-state index is 0.662. The van der Waals surface area contributed by atoms with Gasteiger partial charge in [-0.05, 0) is 59.0 Å². The first-order valence-electron chi connectivity index (χ1n) is 16.3. The Morgan fingerprint density at radius 3 is 1.33 bits per heavy atom. The zero-order valence-electron chi connectivity index (χ0n) is 26.1. The lowest BCUT2D eigenvalue weighted by Crippen LogP contribution is -2.29. The first kappa shape index (κ1) is 28.0. The summed E-state index contributed by atoms with van der Waals surface area (Å²) in [5, 5.41) is 34.0. The lowest BCUT2D eigenvalue weighted by molar-refractivity contribution is -0.548. The molecule has 4 nitrogen and oxygen atoms in total. The molecule has 0 bridgehead atoms. The molecule has 0 saturated carbocycles. The number of fused-ring (bicyclic) bond motifs is 5. The fourth-order valence-electron chi connectivity index (χ4n) is 7.60. The van der Waals surface area contributed by atoms with Crippen molar-refractivity contribution in [3.05, 3.63) is 143 Å². The number of rotatable bonds is 6. The van der Waals surface area contributed by atoms with E-state index in [9.17, 15) is 10.4 Å². The molecule has 0 radical (unpaired) electrons. The molecule has 8 rings (SSSR count). The molecule has 8 aromatic rings. The molecule has 46 heavy (non-hydrogen) atoms. The predicted octanol–water partition coefficient (Wildman–Crippen LogP) is 9.96. The molecule has 4 heteroatoms. The summed E-state index contributed by atoms with van der Waals surface area (Å²) in [5.41, 5.74) is 9.18. The van der Waals surface area contributed by atoms with E-state index in [1.807, 2.05) is 36.4 Å². The van der Waals surface area contributed by atoms with Crippen molar-refractivity contribution >= 4 is 54.4 Å². The van der Waals surface area contributed by atoms with Gasteiger partial charge in [-0.2, -0.15) is 9.46 Å². The maximum absolute atomic E-state index is 14.0. The third-order valence-corrected chi connectivity index (χ3v) is 9.45. The van der Waals surface area contributed by atoms with Crippen molar-refractivity contribution in [2.24, 2.45) is 0 Å². The number of hydrogen-bond donors (Lipinski definition) is 0. The van der Waals surface area contributed by atoms with Crippen LogP contribution in [0.3, 0.4) is 0 Å². The molecule has 0 fully saturated rings. The lowest BCUT2D eigenvalue weighted by Gasteiger charge is -2.19. The molecule has 0 N–H and O–H groups in total. The third kappa shape index (κ3) is 4.13. The maximum atomic E-state index is 14.0. The first-order chi connectivity index (χ1) is 22.6. The van der Waals surface area contributed by atoms with Gasteiger partial charge in [-0.15, -0.1) is 0 Å². The van der Waals surface area contributed by atoms with Crippen LogP contribution in [0.4, 0.5) is 0 Å². The predicted molar refractivity (Wildman–Crippen MR) is 191 cm³/mol. The van der Waals surface area contributed by atoms with Crippen molar-refractivity contribution in [1.82, 2.24) is 0 Å². The summed E-state index contributed by atoms with van der Waals surface area (Å²) in [4.78, 5) is 0. The van der Waals surface area contributed by atoms with Gasteiger partial charge in [-0.25, -0.2) is 0 Å². The molecule has 2 aromatic heterocycles. The number of para-hydroxylation sites is 4. The van der Waals surface area contributed by atoms with Crippen LogP contribution in [-0.2, 0) is 12.8 Å². The summed E-state index contributed by atoms with van der Waals surface area (Å²) in [7, 11) is 0. The van der Waals surface area contributed by atoms with E-state index in [1.165, 1.54) is 0 Å². The highest BCUT2D eigenvalue weighted by molar-refractivity contribution is 6.20. The fraction of sp³-hybridized carbons (Fsp3) is 0.143. The number of nitrogens with zero attached hydrogens (tertiary/aromatic N) is 2. The van der Waals surface area contributed by atoms with Crippen LogP contribution in [0.2, 0.25) is 0 Å². The Balaban J connectivity index is 1.58. The quantitative estimate of drug-likeness (QED) is 0.109. The van der Waals surface area contributed by atoms with Gasteiger partial charge in [0.1, 0.15) is 0 Å². The van der Waals surface area contributed by atoms with Gasteiger partial charge >= 0.3 is 0 Å². The Morgan fingerprint density at radius 1 is 0.457 bits per heavy atom. The number of benzene rings is 6. The van der Waals surface area contributed by atoms with Crippen LogP contribution >= 0.6 is 0 Å². The van der Waals surface area contributed by atoms with Crippen molar-refractivity contribution in [1.29, 1.82) is 0 Å². The molecule has 0 atom stereocenters. The van der Waals surface area contributed by atoms with Crippen LogP contribution in [0.25, 0.3) is 76.6 Å². The number of pyridine rings is 2. The van der Waals surface area contributed by atoms with E-state index in [-0.39, 0.29) is 0 Å². The Bertz CT molecular complexity index is 2310. The third-order valence-electron chi connectivity index (χ3n) is 9.45. The second-order valence-corrected chi connectivity index (χ2v) is 12.2. The molecule has 0 saturated heterocycles. The van der Waals surface area contributed by atoms with Crippen molar-refractivity contribution in [2.45, 2.75) is 39.5 Å². The van der Waals surface area contributed by atoms with Crippen LogP contribution in [0.15, 0.2) is 121 Å². The number of aromatic nitrogens is 2. The summed E-state index contributed by atoms with van der Waals surface area (Å²) >= 11 is 0. The van der Waals surface area contributed by atoms with Crippen molar-refractivity contribution in [2.75, 3.05) is 0 Å². The largest absolute Gasteiger partial charge is 0.618 e. The van der Waals surface area contributed by atoms with E-state index >= 15 is 0 Å². The van der Waals surface area contributed by atoms with E-state index in [0.29, 0.717) is 11.0 Å². The Morgan fingerprint density at radius 2 is 0.870 bits per heavy atom. The SMILES string of the molecule is CCCc1cccc2c(-c3cccc4cccc(-c5c6ccccc6[n+]([O-])c6c(CCC)cccc56)c34)c3ccccc3[n+]([O-])c12. The molecule has 2 heterocycles. The first-order valence-corrected chi connectivity index (χ1v) is 16.3. The summed E-state index contributed by atoms with van der Waals surface area (Å²) < 4.78 is 2.26. The molecule has 0 unspecified atom stereocenters. The molecule has 6 aromatic carbocycles. The maximum Gasteiger partial charge on any atom is 0.228 e. The molecular weight excluding hydrogens is 564 g/mol. The average molecular weight is 599 g/mol. The van der Waals surface area contributed by atoms with Gasteiger partial charge in [0.25, 0.3) is 0 Å². The monoisotopic (exact) mass is 598 g/mol. The van der Waals surface area contributed by atoms with E-state index < -0.39 is 0 Å². The van der Waals surface area contributed by atoms with Gasteiger partial charge in [-0.1, -0.05) is 112 Å². The second-order valence-electron chi connectivity index (χ2n) is 12.2. The Hall–Kier alpha value is -5.48. The van der Waals surface area contributed by atoms with Gasteiger partial charge in [0, 0.05) is 34.4 Å². The van der Waals surface area contributed by atoms with E-state index in [1.54, 1.807) is 0 Å². The minimum Gasteiger partial charge on any atom is -0.618 e. The molecule has 0 aliphatic heterocycles. The summed E-state index contributed by atoms with van der Waals surface area (Å²) in [6.45, 7) is 4.30. The van der Waals surface area contributed by atoms with Crippen LogP contribution in [-0.4, -0.2) is 0 Å². The Labute approximate surface area is 267 Å². The molecular formula is C42H34N2O2. The standard InChI is InChI=1S/C42H34N2O2/c1-3-13-28-17-11-23-34-39(30-19-5-7-25-36(30)43(45)41(28)34)32-21-9-15-27-16-10-22-33(38(27)32)40-31-20-6-8-26-37(31)44(46)42-29(14-4-2)18-12-24-35(40)42/h5-12,15-26H,3-4,13-14H2,1-2H3. The highest BCUT2D eigenvalue weighted by atomic mass is 16.5. The molecule has 224 valence electrons. The average Bonchev–Trinajstić information content (AvgIpc) is 3.09. The zero-order valence-corrected chi connectivity index (χ0v) is 26.1. The number of hydrogen-bond acceptors (Lipinski definition) is 2. The van der Waals surface area contributed by atoms with Gasteiger partial charge in [0.15, 0.2) is 0 Å². The van der Waals surface area contributed by atoms with Crippen LogP contribution < -0.4 is 9.46 Å².